The molecule has 0 fully saturated rings. The number of rotatable bonds is 11. The van der Waals surface area contributed by atoms with Gasteiger partial charge in [0.15, 0.2) is 17.3 Å². The van der Waals surface area contributed by atoms with Crippen molar-refractivity contribution in [1.82, 2.24) is 16.0 Å². The molecular formula is C22H30N4O6S. The van der Waals surface area contributed by atoms with Crippen LogP contribution < -0.4 is 25.6 Å². The Morgan fingerprint density at radius 1 is 1.12 bits per heavy atom. The molecule has 0 spiro atoms. The van der Waals surface area contributed by atoms with Crippen LogP contribution in [0.15, 0.2) is 28.8 Å². The topological polar surface area (TPSA) is 132 Å². The van der Waals surface area contributed by atoms with Gasteiger partial charge in [0.25, 0.3) is 5.91 Å². The number of aromatic nitrogens is 1. The predicted molar refractivity (Wildman–Crippen MR) is 125 cm³/mol. The summed E-state index contributed by atoms with van der Waals surface area (Å²) in [6, 6.07) is 6.37. The summed E-state index contributed by atoms with van der Waals surface area (Å²) < 4.78 is 15.9. The van der Waals surface area contributed by atoms with Crippen molar-refractivity contribution in [2.24, 2.45) is 5.92 Å². The number of hydrogen-bond donors (Lipinski definition) is 3. The van der Waals surface area contributed by atoms with Crippen LogP contribution in [0.2, 0.25) is 0 Å². The smallest absolute Gasteiger partial charge is 0.269 e. The van der Waals surface area contributed by atoms with Gasteiger partial charge in [-0.3, -0.25) is 25.2 Å². The molecule has 33 heavy (non-hydrogen) atoms. The molecule has 0 aliphatic carbocycles. The van der Waals surface area contributed by atoms with E-state index in [9.17, 15) is 14.4 Å². The molecule has 3 amide bonds. The molecule has 1 heterocycles. The fourth-order valence-corrected chi connectivity index (χ4v) is 3.18. The predicted octanol–water partition coefficient (Wildman–Crippen LogP) is 2.94. The van der Waals surface area contributed by atoms with Gasteiger partial charge < -0.3 is 19.3 Å². The lowest BCUT2D eigenvalue weighted by Crippen LogP contribution is -2.42. The second-order valence-electron chi connectivity index (χ2n) is 7.66. The molecular weight excluding hydrogens is 448 g/mol. The molecule has 0 bridgehead atoms. The van der Waals surface area contributed by atoms with Gasteiger partial charge in [-0.25, -0.2) is 0 Å². The van der Waals surface area contributed by atoms with Gasteiger partial charge in [0, 0.05) is 11.6 Å². The van der Waals surface area contributed by atoms with E-state index in [4.69, 9.17) is 14.0 Å². The summed E-state index contributed by atoms with van der Waals surface area (Å²) in [5.74, 6) is 1.07. The van der Waals surface area contributed by atoms with E-state index >= 15 is 0 Å². The number of hydrazine groups is 1. The van der Waals surface area contributed by atoms with Crippen LogP contribution in [0.1, 0.15) is 43.3 Å². The Balaban J connectivity index is 1.78. The molecule has 0 saturated carbocycles. The number of hydrogen-bond acceptors (Lipinski definition) is 8. The van der Waals surface area contributed by atoms with E-state index in [0.717, 1.165) is 18.2 Å². The second kappa shape index (κ2) is 12.7. The van der Waals surface area contributed by atoms with Gasteiger partial charge in [0.2, 0.25) is 11.8 Å². The minimum atomic E-state index is -0.518. The van der Waals surface area contributed by atoms with Gasteiger partial charge in [-0.2, -0.15) is 0 Å². The molecule has 2 rings (SSSR count). The number of anilines is 1. The number of benzene rings is 1. The Hall–Kier alpha value is -3.21. The fourth-order valence-electron chi connectivity index (χ4n) is 2.50. The summed E-state index contributed by atoms with van der Waals surface area (Å²) in [7, 11) is 1.49. The summed E-state index contributed by atoms with van der Waals surface area (Å²) in [6.45, 7) is 8.13. The van der Waals surface area contributed by atoms with Crippen LogP contribution in [0.3, 0.4) is 0 Å². The number of thioether (sulfide) groups is 1. The number of carbonyl (C=O) groups excluding carboxylic acids is 3. The first kappa shape index (κ1) is 26.0. The van der Waals surface area contributed by atoms with E-state index < -0.39 is 17.1 Å². The first-order chi connectivity index (χ1) is 15.7. The molecule has 1 atom stereocenters. The number of aryl methyl sites for hydroxylation is 1. The molecule has 0 radical (unpaired) electrons. The first-order valence-corrected chi connectivity index (χ1v) is 11.5. The highest BCUT2D eigenvalue weighted by atomic mass is 32.2. The molecule has 2 aromatic rings. The van der Waals surface area contributed by atoms with E-state index in [2.05, 4.69) is 35.2 Å². The van der Waals surface area contributed by atoms with Crippen molar-refractivity contribution in [3.05, 3.63) is 35.6 Å². The maximum atomic E-state index is 12.4. The zero-order valence-corrected chi connectivity index (χ0v) is 20.2. The highest BCUT2D eigenvalue weighted by Gasteiger charge is 2.17. The third-order valence-corrected chi connectivity index (χ3v) is 5.55. The van der Waals surface area contributed by atoms with Gasteiger partial charge in [-0.05, 0) is 44.4 Å². The second-order valence-corrected chi connectivity index (χ2v) is 8.99. The molecule has 1 aromatic carbocycles. The lowest BCUT2D eigenvalue weighted by Gasteiger charge is -2.14. The maximum Gasteiger partial charge on any atom is 0.269 e. The molecule has 3 N–H and O–H groups in total. The lowest BCUT2D eigenvalue weighted by molar-refractivity contribution is -0.119. The minimum absolute atomic E-state index is 0.0291. The first-order valence-electron chi connectivity index (χ1n) is 10.5. The summed E-state index contributed by atoms with van der Waals surface area (Å²) in [6.07, 6.45) is 0.898. The molecule has 1 unspecified atom stereocenters. The van der Waals surface area contributed by atoms with E-state index in [1.165, 1.54) is 7.11 Å². The van der Waals surface area contributed by atoms with Crippen molar-refractivity contribution < 1.29 is 28.4 Å². The number of amides is 3. The van der Waals surface area contributed by atoms with Crippen molar-refractivity contribution in [3.63, 3.8) is 0 Å². The number of carbonyl (C=O) groups is 3. The van der Waals surface area contributed by atoms with Crippen LogP contribution in [0.5, 0.6) is 11.5 Å². The largest absolute Gasteiger partial charge is 0.493 e. The van der Waals surface area contributed by atoms with Crippen molar-refractivity contribution >= 4 is 35.3 Å². The Bertz CT molecular complexity index is 962. The van der Waals surface area contributed by atoms with Gasteiger partial charge >= 0.3 is 0 Å². The number of ether oxygens (including phenoxy) is 2. The Morgan fingerprint density at radius 2 is 1.88 bits per heavy atom. The lowest BCUT2D eigenvalue weighted by atomic mass is 10.1. The van der Waals surface area contributed by atoms with Gasteiger partial charge in [0.05, 0.1) is 24.7 Å². The minimum Gasteiger partial charge on any atom is -0.493 e. The SMILES string of the molecule is COc1cc(C(=O)NNC(=O)CSC(C)C(=O)Nc2cc(C)on2)ccc1OCCC(C)C. The molecule has 1 aromatic heterocycles. The van der Waals surface area contributed by atoms with Gasteiger partial charge in [-0.1, -0.05) is 19.0 Å². The standard InChI is InChI=1S/C22H30N4O6S/c1-13(2)8-9-31-17-7-6-16(11-18(17)30-5)22(29)25-24-20(27)12-33-15(4)21(28)23-19-10-14(3)32-26-19/h6-7,10-11,13,15H,8-9,12H2,1-5H3,(H,24,27)(H,25,29)(H,23,26,28). The summed E-state index contributed by atoms with van der Waals surface area (Å²) in [4.78, 5) is 36.6. The van der Waals surface area contributed by atoms with E-state index in [1.54, 1.807) is 38.1 Å². The molecule has 0 aliphatic rings. The number of nitrogens with zero attached hydrogens (tertiary/aromatic N) is 1. The van der Waals surface area contributed by atoms with Gasteiger partial charge in [0.1, 0.15) is 5.76 Å². The number of nitrogens with one attached hydrogen (secondary N) is 3. The molecule has 180 valence electrons. The maximum absolute atomic E-state index is 12.4. The Labute approximate surface area is 197 Å². The van der Waals surface area contributed by atoms with Crippen molar-refractivity contribution in [2.75, 3.05) is 24.8 Å². The summed E-state index contributed by atoms with van der Waals surface area (Å²) >= 11 is 1.11. The molecule has 11 heteroatoms. The molecule has 0 saturated heterocycles. The van der Waals surface area contributed by atoms with E-state index in [1.807, 2.05) is 0 Å². The van der Waals surface area contributed by atoms with Crippen molar-refractivity contribution in [1.29, 1.82) is 0 Å². The quantitative estimate of drug-likeness (QED) is 0.420. The number of methoxy groups -OCH3 is 1. The highest BCUT2D eigenvalue weighted by molar-refractivity contribution is 8.01. The average molecular weight is 479 g/mol. The zero-order chi connectivity index (χ0) is 24.4. The van der Waals surface area contributed by atoms with Crippen LogP contribution >= 0.6 is 11.8 Å². The van der Waals surface area contributed by atoms with E-state index in [0.29, 0.717) is 41.2 Å². The average Bonchev–Trinajstić information content (AvgIpc) is 3.19. The highest BCUT2D eigenvalue weighted by Crippen LogP contribution is 2.28. The summed E-state index contributed by atoms with van der Waals surface area (Å²) in [5, 5.41) is 5.78. The van der Waals surface area contributed by atoms with E-state index in [-0.39, 0.29) is 11.7 Å². The van der Waals surface area contributed by atoms with Crippen LogP contribution in [0.4, 0.5) is 5.82 Å². The zero-order valence-electron chi connectivity index (χ0n) is 19.4. The Morgan fingerprint density at radius 3 is 2.52 bits per heavy atom. The molecule has 10 nitrogen and oxygen atoms in total. The monoisotopic (exact) mass is 478 g/mol. The normalized spacial score (nSPS) is 11.6. The molecule has 0 aliphatic heterocycles. The van der Waals surface area contributed by atoms with Crippen LogP contribution in [0, 0.1) is 12.8 Å². The van der Waals surface area contributed by atoms with Crippen LogP contribution in [0.25, 0.3) is 0 Å². The third kappa shape index (κ3) is 8.68. The Kier molecular flexibility index (Phi) is 10.0. The van der Waals surface area contributed by atoms with Gasteiger partial charge in [-0.15, -0.1) is 11.8 Å². The van der Waals surface area contributed by atoms with Crippen LogP contribution in [-0.2, 0) is 9.59 Å². The van der Waals surface area contributed by atoms with Crippen molar-refractivity contribution in [3.8, 4) is 11.5 Å². The summed E-state index contributed by atoms with van der Waals surface area (Å²) in [5.41, 5.74) is 4.99. The fraction of sp³-hybridized carbons (Fsp3) is 0.455. The third-order valence-electron chi connectivity index (χ3n) is 4.41. The van der Waals surface area contributed by atoms with Crippen LogP contribution in [-0.4, -0.2) is 47.6 Å². The van der Waals surface area contributed by atoms with Crippen molar-refractivity contribution in [2.45, 2.75) is 39.4 Å².